The van der Waals surface area contributed by atoms with E-state index in [1.165, 1.54) is 37.8 Å². The molecule has 1 aromatic rings. The summed E-state index contributed by atoms with van der Waals surface area (Å²) in [4.78, 5) is 14.6. The van der Waals surface area contributed by atoms with Gasteiger partial charge in [0.2, 0.25) is 5.91 Å². The maximum absolute atomic E-state index is 12.2. The van der Waals surface area contributed by atoms with Crippen molar-refractivity contribution in [1.29, 1.82) is 0 Å². The van der Waals surface area contributed by atoms with Crippen LogP contribution >= 0.6 is 0 Å². The Morgan fingerprint density at radius 3 is 2.42 bits per heavy atom. The molecule has 0 radical (unpaired) electrons. The maximum atomic E-state index is 12.2. The molecule has 1 saturated heterocycles. The van der Waals surface area contributed by atoms with E-state index in [1.54, 1.807) is 0 Å². The molecule has 1 aromatic carbocycles. The molecule has 0 spiro atoms. The van der Waals surface area contributed by atoms with Gasteiger partial charge in [0.1, 0.15) is 0 Å². The van der Waals surface area contributed by atoms with Gasteiger partial charge in [-0.2, -0.15) is 0 Å². The first-order valence-electron chi connectivity index (χ1n) is 9.41. The molecule has 0 atom stereocenters. The number of amides is 1. The van der Waals surface area contributed by atoms with Gasteiger partial charge in [0, 0.05) is 44.5 Å². The lowest BCUT2D eigenvalue weighted by Crippen LogP contribution is -2.34. The SMILES string of the molecule is CN(c1ccc(CNC(=O)C2CCOCC2)cc1)C1CCCCC1. The average Bonchev–Trinajstić information content (AvgIpc) is 2.67. The van der Waals surface area contributed by atoms with E-state index < -0.39 is 0 Å². The number of anilines is 1. The van der Waals surface area contributed by atoms with Gasteiger partial charge in [-0.1, -0.05) is 31.4 Å². The number of ether oxygens (including phenoxy) is 1. The van der Waals surface area contributed by atoms with E-state index in [2.05, 4.69) is 41.5 Å². The highest BCUT2D eigenvalue weighted by atomic mass is 16.5. The van der Waals surface area contributed by atoms with Gasteiger partial charge in [-0.05, 0) is 43.4 Å². The summed E-state index contributed by atoms with van der Waals surface area (Å²) in [5, 5.41) is 3.07. The van der Waals surface area contributed by atoms with Crippen molar-refractivity contribution in [3.05, 3.63) is 29.8 Å². The number of hydrogen-bond donors (Lipinski definition) is 1. The molecule has 1 saturated carbocycles. The zero-order chi connectivity index (χ0) is 16.8. The van der Waals surface area contributed by atoms with E-state index in [1.807, 2.05) is 0 Å². The normalized spacial score (nSPS) is 19.9. The Morgan fingerprint density at radius 2 is 1.75 bits per heavy atom. The van der Waals surface area contributed by atoms with Crippen molar-refractivity contribution in [2.75, 3.05) is 25.2 Å². The zero-order valence-corrected chi connectivity index (χ0v) is 14.8. The summed E-state index contributed by atoms with van der Waals surface area (Å²) in [5.74, 6) is 0.289. The molecule has 2 aliphatic rings. The second kappa shape index (κ2) is 8.52. The highest BCUT2D eigenvalue weighted by Gasteiger charge is 2.21. The molecule has 1 aliphatic heterocycles. The third-order valence-electron chi connectivity index (χ3n) is 5.52. The summed E-state index contributed by atoms with van der Waals surface area (Å²) >= 11 is 0. The molecule has 0 unspecified atom stereocenters. The van der Waals surface area contributed by atoms with Crippen LogP contribution < -0.4 is 10.2 Å². The summed E-state index contributed by atoms with van der Waals surface area (Å²) < 4.78 is 5.31. The van der Waals surface area contributed by atoms with Crippen molar-refractivity contribution >= 4 is 11.6 Å². The molecule has 4 heteroatoms. The Bertz CT molecular complexity index is 517. The van der Waals surface area contributed by atoms with Crippen LogP contribution in [0.2, 0.25) is 0 Å². The molecule has 0 bridgehead atoms. The van der Waals surface area contributed by atoms with E-state index in [-0.39, 0.29) is 11.8 Å². The molecule has 132 valence electrons. The van der Waals surface area contributed by atoms with Crippen molar-refractivity contribution in [3.8, 4) is 0 Å². The molecule has 3 rings (SSSR count). The van der Waals surface area contributed by atoms with Crippen LogP contribution in [0.1, 0.15) is 50.5 Å². The number of hydrogen-bond acceptors (Lipinski definition) is 3. The van der Waals surface area contributed by atoms with E-state index in [9.17, 15) is 4.79 Å². The van der Waals surface area contributed by atoms with Crippen molar-refractivity contribution in [2.24, 2.45) is 5.92 Å². The largest absolute Gasteiger partial charge is 0.381 e. The third-order valence-corrected chi connectivity index (χ3v) is 5.52. The van der Waals surface area contributed by atoms with Crippen molar-refractivity contribution < 1.29 is 9.53 Å². The minimum atomic E-state index is 0.121. The van der Waals surface area contributed by atoms with Crippen LogP contribution in [-0.4, -0.2) is 32.2 Å². The molecule has 1 heterocycles. The number of nitrogens with one attached hydrogen (secondary N) is 1. The van der Waals surface area contributed by atoms with Crippen LogP contribution in [0.25, 0.3) is 0 Å². The van der Waals surface area contributed by atoms with Crippen LogP contribution in [0, 0.1) is 5.92 Å². The quantitative estimate of drug-likeness (QED) is 0.898. The summed E-state index contributed by atoms with van der Waals surface area (Å²) in [6.07, 6.45) is 8.39. The highest BCUT2D eigenvalue weighted by molar-refractivity contribution is 5.78. The molecule has 0 aromatic heterocycles. The lowest BCUT2D eigenvalue weighted by molar-refractivity contribution is -0.128. The van der Waals surface area contributed by atoms with Gasteiger partial charge in [0.05, 0.1) is 0 Å². The fraction of sp³-hybridized carbons (Fsp3) is 0.650. The Kier molecular flexibility index (Phi) is 6.13. The summed E-state index contributed by atoms with van der Waals surface area (Å²) in [7, 11) is 2.21. The first kappa shape index (κ1) is 17.3. The minimum Gasteiger partial charge on any atom is -0.381 e. The van der Waals surface area contributed by atoms with Crippen LogP contribution in [0.5, 0.6) is 0 Å². The number of benzene rings is 1. The van der Waals surface area contributed by atoms with Gasteiger partial charge in [-0.3, -0.25) is 4.79 Å². The number of rotatable bonds is 5. The minimum absolute atomic E-state index is 0.121. The molecule has 1 aliphatic carbocycles. The second-order valence-electron chi connectivity index (χ2n) is 7.17. The topological polar surface area (TPSA) is 41.6 Å². The van der Waals surface area contributed by atoms with Crippen molar-refractivity contribution in [1.82, 2.24) is 5.32 Å². The molecule has 4 nitrogen and oxygen atoms in total. The molecule has 24 heavy (non-hydrogen) atoms. The zero-order valence-electron chi connectivity index (χ0n) is 14.8. The Balaban J connectivity index is 1.49. The van der Waals surface area contributed by atoms with Gasteiger partial charge in [0.25, 0.3) is 0 Å². The fourth-order valence-electron chi connectivity index (χ4n) is 3.82. The van der Waals surface area contributed by atoms with E-state index in [0.29, 0.717) is 25.8 Å². The smallest absolute Gasteiger partial charge is 0.223 e. The van der Waals surface area contributed by atoms with Crippen LogP contribution in [0.4, 0.5) is 5.69 Å². The van der Waals surface area contributed by atoms with E-state index >= 15 is 0 Å². The van der Waals surface area contributed by atoms with Crippen LogP contribution in [0.15, 0.2) is 24.3 Å². The predicted octanol–water partition coefficient (Wildman–Crippen LogP) is 3.50. The van der Waals surface area contributed by atoms with Crippen molar-refractivity contribution in [3.63, 3.8) is 0 Å². The van der Waals surface area contributed by atoms with Gasteiger partial charge in [-0.25, -0.2) is 0 Å². The highest BCUT2D eigenvalue weighted by Crippen LogP contribution is 2.26. The first-order chi connectivity index (χ1) is 11.7. The second-order valence-corrected chi connectivity index (χ2v) is 7.17. The Labute approximate surface area is 145 Å². The maximum Gasteiger partial charge on any atom is 0.223 e. The number of nitrogens with zero attached hydrogens (tertiary/aromatic N) is 1. The predicted molar refractivity (Wildman–Crippen MR) is 97.1 cm³/mol. The number of carbonyl (C=O) groups is 1. The molecule has 1 amide bonds. The fourth-order valence-corrected chi connectivity index (χ4v) is 3.82. The molecule has 1 N–H and O–H groups in total. The average molecular weight is 330 g/mol. The van der Waals surface area contributed by atoms with Gasteiger partial charge in [0.15, 0.2) is 0 Å². The summed E-state index contributed by atoms with van der Waals surface area (Å²) in [5.41, 5.74) is 2.44. The Morgan fingerprint density at radius 1 is 1.08 bits per heavy atom. The van der Waals surface area contributed by atoms with Gasteiger partial charge in [-0.15, -0.1) is 0 Å². The first-order valence-corrected chi connectivity index (χ1v) is 9.41. The van der Waals surface area contributed by atoms with Crippen LogP contribution in [-0.2, 0) is 16.1 Å². The summed E-state index contributed by atoms with van der Waals surface area (Å²) in [6.45, 7) is 2.03. The monoisotopic (exact) mass is 330 g/mol. The standard InChI is InChI=1S/C20H30N2O2/c1-22(18-5-3-2-4-6-18)19-9-7-16(8-10-19)15-21-20(23)17-11-13-24-14-12-17/h7-10,17-18H,2-6,11-15H2,1H3,(H,21,23). The lowest BCUT2D eigenvalue weighted by atomic mass is 9.94. The summed E-state index contributed by atoms with van der Waals surface area (Å²) in [6, 6.07) is 9.32. The molecule has 2 fully saturated rings. The van der Waals surface area contributed by atoms with Gasteiger partial charge >= 0.3 is 0 Å². The van der Waals surface area contributed by atoms with Crippen LogP contribution in [0.3, 0.4) is 0 Å². The molecular formula is C20H30N2O2. The number of carbonyl (C=O) groups excluding carboxylic acids is 1. The third kappa shape index (κ3) is 4.50. The van der Waals surface area contributed by atoms with E-state index in [0.717, 1.165) is 18.4 Å². The van der Waals surface area contributed by atoms with Crippen molar-refractivity contribution in [2.45, 2.75) is 57.5 Å². The van der Waals surface area contributed by atoms with E-state index in [4.69, 9.17) is 4.74 Å². The molecular weight excluding hydrogens is 300 g/mol. The Hall–Kier alpha value is -1.55. The lowest BCUT2D eigenvalue weighted by Gasteiger charge is -2.33. The van der Waals surface area contributed by atoms with Gasteiger partial charge < -0.3 is 15.0 Å².